The highest BCUT2D eigenvalue weighted by atomic mass is 16.2. The van der Waals surface area contributed by atoms with Crippen LogP contribution in [0.3, 0.4) is 0 Å². The standard InChI is InChI=1S/C29H25N5O2/c1-5-33-28(35)23(19(3)24(17-30)29(33)36)15-22-16-25-27(34(22)21-9-7-6-8-10-21)31-26(32(25)4)20-13-11-18(2)12-14-20/h6-16H,5H2,1-4H3/b23-15-. The summed E-state index contributed by atoms with van der Waals surface area (Å²) in [7, 11) is 1.97. The van der Waals surface area contributed by atoms with E-state index in [2.05, 4.69) is 31.2 Å². The molecule has 7 nitrogen and oxygen atoms in total. The Morgan fingerprint density at radius 2 is 1.69 bits per heavy atom. The fraction of sp³-hybridized carbons (Fsp3) is 0.172. The van der Waals surface area contributed by atoms with E-state index in [9.17, 15) is 14.9 Å². The molecule has 2 aromatic carbocycles. The number of nitrogens with zero attached hydrogens (tertiary/aromatic N) is 5. The number of imidazole rings is 1. The predicted molar refractivity (Wildman–Crippen MR) is 139 cm³/mol. The van der Waals surface area contributed by atoms with E-state index in [0.29, 0.717) is 11.1 Å². The number of aromatic nitrogens is 3. The van der Waals surface area contributed by atoms with E-state index in [-0.39, 0.29) is 12.1 Å². The number of amides is 2. The maximum absolute atomic E-state index is 13.2. The minimum atomic E-state index is -0.548. The third-order valence-corrected chi connectivity index (χ3v) is 6.63. The molecule has 0 atom stereocenters. The van der Waals surface area contributed by atoms with Crippen LogP contribution in [0.5, 0.6) is 0 Å². The molecule has 1 aliphatic rings. The Kier molecular flexibility index (Phi) is 5.65. The minimum Gasteiger partial charge on any atom is -0.326 e. The number of hydrogen-bond donors (Lipinski definition) is 0. The van der Waals surface area contributed by atoms with Gasteiger partial charge in [-0.25, -0.2) is 4.98 Å². The number of rotatable bonds is 4. The van der Waals surface area contributed by atoms with Gasteiger partial charge in [-0.1, -0.05) is 48.0 Å². The van der Waals surface area contributed by atoms with Crippen LogP contribution in [0.25, 0.3) is 34.3 Å². The zero-order valence-corrected chi connectivity index (χ0v) is 20.6. The summed E-state index contributed by atoms with van der Waals surface area (Å²) in [5.74, 6) is -0.118. The van der Waals surface area contributed by atoms with Gasteiger partial charge < -0.3 is 4.57 Å². The summed E-state index contributed by atoms with van der Waals surface area (Å²) in [5, 5.41) is 9.61. The third kappa shape index (κ3) is 3.55. The lowest BCUT2D eigenvalue weighted by Crippen LogP contribution is -2.42. The van der Waals surface area contributed by atoms with Gasteiger partial charge in [0.15, 0.2) is 5.65 Å². The van der Waals surface area contributed by atoms with Crippen LogP contribution < -0.4 is 0 Å². The lowest BCUT2D eigenvalue weighted by Gasteiger charge is -2.26. The van der Waals surface area contributed by atoms with E-state index in [1.165, 1.54) is 5.56 Å². The zero-order valence-electron chi connectivity index (χ0n) is 20.6. The fourth-order valence-corrected chi connectivity index (χ4v) is 4.63. The van der Waals surface area contributed by atoms with Gasteiger partial charge in [-0.2, -0.15) is 5.26 Å². The number of nitriles is 1. The van der Waals surface area contributed by atoms with Crippen molar-refractivity contribution in [3.8, 4) is 23.1 Å². The van der Waals surface area contributed by atoms with Gasteiger partial charge in [0, 0.05) is 30.4 Å². The molecule has 0 unspecified atom stereocenters. The molecule has 0 bridgehead atoms. The number of carbonyl (C=O) groups is 2. The van der Waals surface area contributed by atoms with Crippen LogP contribution in [0.4, 0.5) is 0 Å². The van der Waals surface area contributed by atoms with E-state index in [1.54, 1.807) is 19.9 Å². The first-order valence-corrected chi connectivity index (χ1v) is 11.8. The molecule has 178 valence electrons. The molecule has 3 heterocycles. The lowest BCUT2D eigenvalue weighted by molar-refractivity contribution is -0.140. The molecule has 36 heavy (non-hydrogen) atoms. The fourth-order valence-electron chi connectivity index (χ4n) is 4.63. The maximum Gasteiger partial charge on any atom is 0.271 e. The van der Waals surface area contributed by atoms with Crippen molar-refractivity contribution in [2.45, 2.75) is 20.8 Å². The summed E-state index contributed by atoms with van der Waals surface area (Å²) in [5.41, 5.74) is 6.16. The van der Waals surface area contributed by atoms with Gasteiger partial charge in [0.2, 0.25) is 0 Å². The van der Waals surface area contributed by atoms with Crippen LogP contribution in [0.1, 0.15) is 25.1 Å². The van der Waals surface area contributed by atoms with Gasteiger partial charge in [0.25, 0.3) is 11.8 Å². The van der Waals surface area contributed by atoms with Gasteiger partial charge in [0.05, 0.1) is 11.2 Å². The first kappa shape index (κ1) is 23.1. The lowest BCUT2D eigenvalue weighted by atomic mass is 9.94. The SMILES string of the molecule is CCN1C(=O)C(C#N)=C(C)/C(=C/c2cc3c(nc(-c4ccc(C)cc4)n3C)n2-c2ccccc2)C1=O. The number of hydrogen-bond acceptors (Lipinski definition) is 4. The maximum atomic E-state index is 13.2. The largest absolute Gasteiger partial charge is 0.326 e. The number of para-hydroxylation sites is 1. The Morgan fingerprint density at radius 3 is 2.33 bits per heavy atom. The summed E-state index contributed by atoms with van der Waals surface area (Å²) < 4.78 is 4.04. The van der Waals surface area contributed by atoms with Crippen molar-refractivity contribution in [3.63, 3.8) is 0 Å². The van der Waals surface area contributed by atoms with Crippen molar-refractivity contribution < 1.29 is 9.59 Å². The van der Waals surface area contributed by atoms with Gasteiger partial charge in [-0.05, 0) is 50.6 Å². The topological polar surface area (TPSA) is 83.9 Å². The van der Waals surface area contributed by atoms with E-state index in [4.69, 9.17) is 4.98 Å². The van der Waals surface area contributed by atoms with Gasteiger partial charge >= 0.3 is 0 Å². The van der Waals surface area contributed by atoms with E-state index < -0.39 is 11.8 Å². The first-order valence-electron chi connectivity index (χ1n) is 11.8. The van der Waals surface area contributed by atoms with Crippen LogP contribution in [-0.2, 0) is 16.6 Å². The monoisotopic (exact) mass is 475 g/mol. The van der Waals surface area contributed by atoms with Crippen LogP contribution in [0.2, 0.25) is 0 Å². The van der Waals surface area contributed by atoms with E-state index in [1.807, 2.05) is 58.6 Å². The summed E-state index contributed by atoms with van der Waals surface area (Å²) in [4.78, 5) is 32.0. The van der Waals surface area contributed by atoms with Crippen LogP contribution in [0.15, 0.2) is 77.4 Å². The zero-order chi connectivity index (χ0) is 25.6. The van der Waals surface area contributed by atoms with Crippen molar-refractivity contribution in [3.05, 3.63) is 88.6 Å². The summed E-state index contributed by atoms with van der Waals surface area (Å²) >= 11 is 0. The Morgan fingerprint density at radius 1 is 1.00 bits per heavy atom. The molecular weight excluding hydrogens is 450 g/mol. The van der Waals surface area contributed by atoms with Crippen molar-refractivity contribution >= 4 is 29.1 Å². The van der Waals surface area contributed by atoms with Crippen molar-refractivity contribution in [2.24, 2.45) is 7.05 Å². The predicted octanol–water partition coefficient (Wildman–Crippen LogP) is 4.95. The molecule has 2 aromatic heterocycles. The number of carbonyl (C=O) groups excluding carboxylic acids is 2. The second-order valence-corrected chi connectivity index (χ2v) is 8.83. The molecule has 0 saturated heterocycles. The number of imide groups is 1. The Balaban J connectivity index is 1.77. The van der Waals surface area contributed by atoms with E-state index >= 15 is 0 Å². The van der Waals surface area contributed by atoms with E-state index in [0.717, 1.165) is 38.8 Å². The average molecular weight is 476 g/mol. The van der Waals surface area contributed by atoms with Crippen LogP contribution in [-0.4, -0.2) is 37.4 Å². The average Bonchev–Trinajstić information content (AvgIpc) is 3.39. The normalized spacial score (nSPS) is 15.3. The molecule has 0 fully saturated rings. The number of benzene rings is 2. The van der Waals surface area contributed by atoms with Gasteiger partial charge in [-0.15, -0.1) is 0 Å². The van der Waals surface area contributed by atoms with Crippen molar-refractivity contribution in [1.82, 2.24) is 19.0 Å². The second-order valence-electron chi connectivity index (χ2n) is 8.83. The highest BCUT2D eigenvalue weighted by Gasteiger charge is 2.34. The van der Waals surface area contributed by atoms with Crippen LogP contribution >= 0.6 is 0 Å². The highest BCUT2D eigenvalue weighted by Crippen LogP contribution is 2.32. The third-order valence-electron chi connectivity index (χ3n) is 6.63. The molecule has 5 rings (SSSR count). The molecule has 1 aliphatic heterocycles. The second kappa shape index (κ2) is 8.82. The summed E-state index contributed by atoms with van der Waals surface area (Å²) in [6.45, 7) is 5.61. The molecule has 4 aromatic rings. The molecule has 7 heteroatoms. The molecular formula is C29H25N5O2. The number of likely N-dealkylation sites (N-methyl/N-ethyl adjacent to an activating group) is 1. The minimum absolute atomic E-state index is 0.00939. The quantitative estimate of drug-likeness (QED) is 0.309. The summed E-state index contributed by atoms with van der Waals surface area (Å²) in [6, 6.07) is 22.0. The Bertz CT molecular complexity index is 1630. The molecule has 0 spiro atoms. The van der Waals surface area contributed by atoms with Crippen molar-refractivity contribution in [2.75, 3.05) is 6.54 Å². The van der Waals surface area contributed by atoms with Gasteiger partial charge in [0.1, 0.15) is 17.5 Å². The summed E-state index contributed by atoms with van der Waals surface area (Å²) in [6.07, 6.45) is 1.75. The van der Waals surface area contributed by atoms with Crippen molar-refractivity contribution in [1.29, 1.82) is 5.26 Å². The first-order chi connectivity index (χ1) is 17.3. The molecule has 2 amide bonds. The van der Waals surface area contributed by atoms with Gasteiger partial charge in [-0.3, -0.25) is 19.1 Å². The molecule has 0 saturated carbocycles. The molecule has 0 aliphatic carbocycles. The Labute approximate surface area is 209 Å². The number of fused-ring (bicyclic) bond motifs is 1. The number of aryl methyl sites for hydroxylation is 2. The molecule has 0 radical (unpaired) electrons. The highest BCUT2D eigenvalue weighted by molar-refractivity contribution is 6.19. The smallest absolute Gasteiger partial charge is 0.271 e. The van der Waals surface area contributed by atoms with Crippen LogP contribution in [0, 0.1) is 18.3 Å². The Hall–Kier alpha value is -4.70. The molecule has 0 N–H and O–H groups in total.